The summed E-state index contributed by atoms with van der Waals surface area (Å²) in [6.45, 7) is 17.9. The van der Waals surface area contributed by atoms with E-state index in [2.05, 4.69) is 41.5 Å². The van der Waals surface area contributed by atoms with Crippen LogP contribution in [0.1, 0.15) is 54.4 Å². The van der Waals surface area contributed by atoms with E-state index in [-0.39, 0.29) is 0 Å². The van der Waals surface area contributed by atoms with E-state index < -0.39 is 0 Å². The highest BCUT2D eigenvalue weighted by molar-refractivity contribution is 5.01. The molecule has 0 saturated carbocycles. The van der Waals surface area contributed by atoms with Crippen molar-refractivity contribution in [2.75, 3.05) is 26.4 Å². The Kier molecular flexibility index (Phi) is 4.06. The van der Waals surface area contributed by atoms with E-state index in [0.29, 0.717) is 28.1 Å². The Morgan fingerprint density at radius 1 is 1.11 bits per heavy atom. The lowest BCUT2D eigenvalue weighted by molar-refractivity contribution is -0.186. The molecule has 0 amide bonds. The van der Waals surface area contributed by atoms with Crippen LogP contribution in [0.4, 0.5) is 0 Å². The zero-order valence-corrected chi connectivity index (χ0v) is 13.7. The fourth-order valence-corrected chi connectivity index (χ4v) is 4.05. The van der Waals surface area contributed by atoms with Crippen molar-refractivity contribution >= 4 is 0 Å². The SMILES string of the molecule is CCC1(C(C)C)COCC1CC1(C(C)(C)C)COC1. The molecule has 0 N–H and O–H groups in total. The molecule has 0 aromatic rings. The Morgan fingerprint density at radius 2 is 1.74 bits per heavy atom. The normalized spacial score (nSPS) is 34.6. The molecular formula is C17H32O2. The maximum Gasteiger partial charge on any atom is 0.0549 e. The van der Waals surface area contributed by atoms with Gasteiger partial charge in [-0.05, 0) is 30.1 Å². The van der Waals surface area contributed by atoms with Crippen LogP contribution in [0.15, 0.2) is 0 Å². The summed E-state index contributed by atoms with van der Waals surface area (Å²) in [6, 6.07) is 0. The molecule has 0 spiro atoms. The lowest BCUT2D eigenvalue weighted by atomic mass is 9.56. The summed E-state index contributed by atoms with van der Waals surface area (Å²) < 4.78 is 11.5. The largest absolute Gasteiger partial charge is 0.381 e. The summed E-state index contributed by atoms with van der Waals surface area (Å²) in [5, 5.41) is 0. The van der Waals surface area contributed by atoms with Crippen LogP contribution in [-0.4, -0.2) is 26.4 Å². The summed E-state index contributed by atoms with van der Waals surface area (Å²) in [7, 11) is 0. The molecule has 112 valence electrons. The number of rotatable bonds is 4. The first kappa shape index (κ1) is 15.3. The van der Waals surface area contributed by atoms with Gasteiger partial charge in [-0.25, -0.2) is 0 Å². The van der Waals surface area contributed by atoms with Gasteiger partial charge in [0.15, 0.2) is 0 Å². The van der Waals surface area contributed by atoms with Crippen molar-refractivity contribution in [2.24, 2.45) is 28.1 Å². The number of ether oxygens (including phenoxy) is 2. The Bertz CT molecular complexity index is 312. The first-order valence-electron chi connectivity index (χ1n) is 7.93. The number of hydrogen-bond donors (Lipinski definition) is 0. The second-order valence-corrected chi connectivity index (χ2v) is 8.18. The van der Waals surface area contributed by atoms with Crippen LogP contribution in [-0.2, 0) is 9.47 Å². The van der Waals surface area contributed by atoms with Gasteiger partial charge in [-0.2, -0.15) is 0 Å². The van der Waals surface area contributed by atoms with Gasteiger partial charge in [-0.3, -0.25) is 0 Å². The third kappa shape index (κ3) is 2.35. The molecule has 2 heterocycles. The second kappa shape index (κ2) is 5.04. The maximum absolute atomic E-state index is 5.91. The van der Waals surface area contributed by atoms with Crippen molar-refractivity contribution in [1.82, 2.24) is 0 Å². The molecule has 2 nitrogen and oxygen atoms in total. The van der Waals surface area contributed by atoms with Crippen LogP contribution in [0.2, 0.25) is 0 Å². The third-order valence-electron chi connectivity index (χ3n) is 6.30. The molecule has 2 unspecified atom stereocenters. The average molecular weight is 268 g/mol. The van der Waals surface area contributed by atoms with Crippen molar-refractivity contribution < 1.29 is 9.47 Å². The van der Waals surface area contributed by atoms with Gasteiger partial charge in [-0.15, -0.1) is 0 Å². The second-order valence-electron chi connectivity index (χ2n) is 8.18. The smallest absolute Gasteiger partial charge is 0.0549 e. The molecular weight excluding hydrogens is 236 g/mol. The van der Waals surface area contributed by atoms with Crippen LogP contribution in [0.25, 0.3) is 0 Å². The van der Waals surface area contributed by atoms with Gasteiger partial charge in [0.25, 0.3) is 0 Å². The van der Waals surface area contributed by atoms with Crippen LogP contribution in [0, 0.1) is 28.1 Å². The van der Waals surface area contributed by atoms with Gasteiger partial charge in [-0.1, -0.05) is 41.5 Å². The molecule has 0 radical (unpaired) electrons. The summed E-state index contributed by atoms with van der Waals surface area (Å²) >= 11 is 0. The van der Waals surface area contributed by atoms with E-state index in [0.717, 1.165) is 26.4 Å². The van der Waals surface area contributed by atoms with Crippen LogP contribution in [0.5, 0.6) is 0 Å². The van der Waals surface area contributed by atoms with Gasteiger partial charge in [0.2, 0.25) is 0 Å². The van der Waals surface area contributed by atoms with Crippen molar-refractivity contribution in [3.8, 4) is 0 Å². The van der Waals surface area contributed by atoms with Gasteiger partial charge in [0, 0.05) is 10.8 Å². The molecule has 2 rings (SSSR count). The summed E-state index contributed by atoms with van der Waals surface area (Å²) in [6.07, 6.45) is 2.50. The standard InChI is InChI=1S/C17H32O2/c1-7-17(13(2)3)12-18-9-14(17)8-16(10-19-11-16)15(4,5)6/h13-14H,7-12H2,1-6H3. The first-order valence-corrected chi connectivity index (χ1v) is 7.93. The summed E-state index contributed by atoms with van der Waals surface area (Å²) in [4.78, 5) is 0. The van der Waals surface area contributed by atoms with E-state index in [9.17, 15) is 0 Å². The van der Waals surface area contributed by atoms with Gasteiger partial charge in [0.05, 0.1) is 26.4 Å². The molecule has 2 aliphatic heterocycles. The molecule has 0 aromatic carbocycles. The van der Waals surface area contributed by atoms with E-state index in [1.807, 2.05) is 0 Å². The Morgan fingerprint density at radius 3 is 2.11 bits per heavy atom. The van der Waals surface area contributed by atoms with Crippen LogP contribution >= 0.6 is 0 Å². The third-order valence-corrected chi connectivity index (χ3v) is 6.30. The minimum absolute atomic E-state index is 0.324. The predicted octanol–water partition coefficient (Wildman–Crippen LogP) is 4.14. The van der Waals surface area contributed by atoms with E-state index in [1.165, 1.54) is 12.8 Å². The average Bonchev–Trinajstić information content (AvgIpc) is 2.65. The quantitative estimate of drug-likeness (QED) is 0.763. The highest BCUT2D eigenvalue weighted by Gasteiger charge is 2.54. The topological polar surface area (TPSA) is 18.5 Å². The molecule has 2 fully saturated rings. The highest BCUT2D eigenvalue weighted by atomic mass is 16.5. The molecule has 2 atom stereocenters. The zero-order valence-electron chi connectivity index (χ0n) is 13.7. The van der Waals surface area contributed by atoms with Gasteiger partial charge < -0.3 is 9.47 Å². The Balaban J connectivity index is 2.18. The number of hydrogen-bond acceptors (Lipinski definition) is 2. The maximum atomic E-state index is 5.91. The van der Waals surface area contributed by atoms with Gasteiger partial charge >= 0.3 is 0 Å². The molecule has 0 aromatic heterocycles. The molecule has 2 heteroatoms. The minimum atomic E-state index is 0.324. The minimum Gasteiger partial charge on any atom is -0.381 e. The zero-order chi connectivity index (χ0) is 14.3. The Labute approximate surface area is 119 Å². The molecule has 0 aliphatic carbocycles. The van der Waals surface area contributed by atoms with Crippen molar-refractivity contribution in [3.63, 3.8) is 0 Å². The van der Waals surface area contributed by atoms with Gasteiger partial charge in [0.1, 0.15) is 0 Å². The first-order chi connectivity index (χ1) is 8.77. The van der Waals surface area contributed by atoms with Crippen LogP contribution < -0.4 is 0 Å². The molecule has 19 heavy (non-hydrogen) atoms. The Hall–Kier alpha value is -0.0800. The fraction of sp³-hybridized carbons (Fsp3) is 1.00. The molecule has 0 bridgehead atoms. The molecule has 2 saturated heterocycles. The van der Waals surface area contributed by atoms with Crippen molar-refractivity contribution in [1.29, 1.82) is 0 Å². The molecule has 2 aliphatic rings. The predicted molar refractivity (Wildman–Crippen MR) is 79.2 cm³/mol. The highest BCUT2D eigenvalue weighted by Crippen LogP contribution is 2.55. The van der Waals surface area contributed by atoms with Crippen LogP contribution in [0.3, 0.4) is 0 Å². The summed E-state index contributed by atoms with van der Waals surface area (Å²) in [5.74, 6) is 1.39. The van der Waals surface area contributed by atoms with E-state index >= 15 is 0 Å². The summed E-state index contributed by atoms with van der Waals surface area (Å²) in [5.41, 5.74) is 1.07. The lowest BCUT2D eigenvalue weighted by Gasteiger charge is -2.54. The van der Waals surface area contributed by atoms with E-state index in [1.54, 1.807) is 0 Å². The van der Waals surface area contributed by atoms with Crippen molar-refractivity contribution in [2.45, 2.75) is 54.4 Å². The van der Waals surface area contributed by atoms with E-state index in [4.69, 9.17) is 9.47 Å². The lowest BCUT2D eigenvalue weighted by Crippen LogP contribution is -2.54. The monoisotopic (exact) mass is 268 g/mol. The fourth-order valence-electron chi connectivity index (χ4n) is 4.05. The van der Waals surface area contributed by atoms with Crippen molar-refractivity contribution in [3.05, 3.63) is 0 Å².